The Kier molecular flexibility index (Phi) is 7.00. The standard InChI is InChI=1S/C14H19N3O4/c1-2-3-4-5-6-7-13(18)16-14(19)11-8-9-12(15-10-11)17(20)21/h8-10H,2-7H2,1H3,(H,16,18,19). The van der Waals surface area contributed by atoms with Crippen LogP contribution >= 0.6 is 0 Å². The van der Waals surface area contributed by atoms with Crippen LogP contribution in [0.3, 0.4) is 0 Å². The average Bonchev–Trinajstić information content (AvgIpc) is 2.47. The molecule has 1 rings (SSSR count). The van der Waals surface area contributed by atoms with E-state index in [4.69, 9.17) is 0 Å². The van der Waals surface area contributed by atoms with Crippen molar-refractivity contribution in [2.24, 2.45) is 0 Å². The highest BCUT2D eigenvalue weighted by Crippen LogP contribution is 2.08. The maximum Gasteiger partial charge on any atom is 0.363 e. The molecule has 0 atom stereocenters. The second-order valence-corrected chi connectivity index (χ2v) is 4.70. The Bertz CT molecular complexity index is 499. The van der Waals surface area contributed by atoms with Gasteiger partial charge in [0.1, 0.15) is 0 Å². The maximum absolute atomic E-state index is 11.7. The molecule has 0 aromatic carbocycles. The fourth-order valence-corrected chi connectivity index (χ4v) is 1.78. The van der Waals surface area contributed by atoms with E-state index in [1.54, 1.807) is 0 Å². The van der Waals surface area contributed by atoms with Crippen molar-refractivity contribution >= 4 is 17.6 Å². The van der Waals surface area contributed by atoms with Crippen LogP contribution < -0.4 is 5.32 Å². The predicted molar refractivity (Wildman–Crippen MR) is 76.7 cm³/mol. The number of pyridine rings is 1. The smallest absolute Gasteiger partial charge is 0.358 e. The third kappa shape index (κ3) is 6.11. The van der Waals surface area contributed by atoms with E-state index in [1.807, 2.05) is 0 Å². The zero-order chi connectivity index (χ0) is 15.7. The molecule has 0 bridgehead atoms. The van der Waals surface area contributed by atoms with Gasteiger partial charge in [-0.3, -0.25) is 14.9 Å². The summed E-state index contributed by atoms with van der Waals surface area (Å²) >= 11 is 0. The fourth-order valence-electron chi connectivity index (χ4n) is 1.78. The van der Waals surface area contributed by atoms with Crippen LogP contribution in [0, 0.1) is 10.1 Å². The van der Waals surface area contributed by atoms with Gasteiger partial charge >= 0.3 is 5.82 Å². The third-order valence-corrected chi connectivity index (χ3v) is 2.96. The van der Waals surface area contributed by atoms with Gasteiger partial charge in [-0.25, -0.2) is 0 Å². The zero-order valence-electron chi connectivity index (χ0n) is 12.0. The van der Waals surface area contributed by atoms with E-state index in [1.165, 1.54) is 6.07 Å². The van der Waals surface area contributed by atoms with Crippen molar-refractivity contribution in [2.45, 2.75) is 45.4 Å². The lowest BCUT2D eigenvalue weighted by Gasteiger charge is -2.03. The molecule has 0 spiro atoms. The Labute approximate surface area is 122 Å². The lowest BCUT2D eigenvalue weighted by molar-refractivity contribution is -0.389. The van der Waals surface area contributed by atoms with Crippen LogP contribution in [-0.4, -0.2) is 21.7 Å². The summed E-state index contributed by atoms with van der Waals surface area (Å²) in [7, 11) is 0. The lowest BCUT2D eigenvalue weighted by Crippen LogP contribution is -2.30. The van der Waals surface area contributed by atoms with Crippen LogP contribution in [0.4, 0.5) is 5.82 Å². The molecule has 0 aliphatic heterocycles. The molecule has 0 aliphatic rings. The number of nitrogens with zero attached hydrogens (tertiary/aromatic N) is 2. The van der Waals surface area contributed by atoms with Crippen LogP contribution in [0.15, 0.2) is 18.3 Å². The average molecular weight is 293 g/mol. The van der Waals surface area contributed by atoms with E-state index in [-0.39, 0.29) is 17.3 Å². The Morgan fingerprint density at radius 1 is 1.24 bits per heavy atom. The zero-order valence-corrected chi connectivity index (χ0v) is 12.0. The molecule has 1 aromatic rings. The number of carbonyl (C=O) groups excluding carboxylic acids is 2. The number of nitrogens with one attached hydrogen (secondary N) is 1. The molecule has 0 unspecified atom stereocenters. The summed E-state index contributed by atoms with van der Waals surface area (Å²) in [5.41, 5.74) is 0.125. The molecule has 1 aromatic heterocycles. The fraction of sp³-hybridized carbons (Fsp3) is 0.500. The van der Waals surface area contributed by atoms with Crippen LogP contribution in [0.5, 0.6) is 0 Å². The van der Waals surface area contributed by atoms with E-state index in [0.29, 0.717) is 6.42 Å². The Balaban J connectivity index is 2.38. The first kappa shape index (κ1) is 16.7. The molecule has 0 aliphatic carbocycles. The highest BCUT2D eigenvalue weighted by molar-refractivity contribution is 6.04. The largest absolute Gasteiger partial charge is 0.363 e. The molecule has 0 fully saturated rings. The van der Waals surface area contributed by atoms with E-state index >= 15 is 0 Å². The van der Waals surface area contributed by atoms with Gasteiger partial charge in [-0.1, -0.05) is 32.6 Å². The van der Waals surface area contributed by atoms with Crippen LogP contribution in [-0.2, 0) is 4.79 Å². The van der Waals surface area contributed by atoms with Gasteiger partial charge in [0.25, 0.3) is 5.91 Å². The minimum atomic E-state index is -0.650. The van der Waals surface area contributed by atoms with Crippen molar-refractivity contribution in [1.29, 1.82) is 0 Å². The molecule has 1 heterocycles. The quantitative estimate of drug-likeness (QED) is 0.451. The summed E-state index contributed by atoms with van der Waals surface area (Å²) in [6, 6.07) is 2.40. The van der Waals surface area contributed by atoms with Gasteiger partial charge in [0.2, 0.25) is 5.91 Å². The molecular weight excluding hydrogens is 274 g/mol. The SMILES string of the molecule is CCCCCCCC(=O)NC(=O)c1ccc([N+](=O)[O-])nc1. The van der Waals surface area contributed by atoms with Crippen molar-refractivity contribution < 1.29 is 14.5 Å². The number of unbranched alkanes of at least 4 members (excludes halogenated alkanes) is 4. The highest BCUT2D eigenvalue weighted by Gasteiger charge is 2.14. The van der Waals surface area contributed by atoms with Crippen molar-refractivity contribution in [3.05, 3.63) is 34.0 Å². The molecule has 1 N–H and O–H groups in total. The Morgan fingerprint density at radius 3 is 2.52 bits per heavy atom. The second kappa shape index (κ2) is 8.78. The summed E-state index contributed by atoms with van der Waals surface area (Å²) in [5.74, 6) is -1.26. The van der Waals surface area contributed by atoms with Crippen molar-refractivity contribution in [1.82, 2.24) is 10.3 Å². The first-order valence-corrected chi connectivity index (χ1v) is 6.99. The van der Waals surface area contributed by atoms with Crippen LogP contribution in [0.1, 0.15) is 55.8 Å². The lowest BCUT2D eigenvalue weighted by atomic mass is 10.1. The van der Waals surface area contributed by atoms with Gasteiger partial charge in [0.05, 0.1) is 5.56 Å². The van der Waals surface area contributed by atoms with Gasteiger partial charge < -0.3 is 10.1 Å². The summed E-state index contributed by atoms with van der Waals surface area (Å²) in [6.45, 7) is 2.11. The van der Waals surface area contributed by atoms with Gasteiger partial charge in [0.15, 0.2) is 6.20 Å². The number of hydrogen-bond donors (Lipinski definition) is 1. The number of carbonyl (C=O) groups is 2. The molecule has 0 saturated heterocycles. The van der Waals surface area contributed by atoms with Crippen molar-refractivity contribution in [2.75, 3.05) is 0 Å². The topological polar surface area (TPSA) is 102 Å². The van der Waals surface area contributed by atoms with Crippen LogP contribution in [0.2, 0.25) is 0 Å². The normalized spacial score (nSPS) is 10.1. The molecular formula is C14H19N3O4. The number of aromatic nitrogens is 1. The monoisotopic (exact) mass is 293 g/mol. The number of rotatable bonds is 8. The molecule has 21 heavy (non-hydrogen) atoms. The van der Waals surface area contributed by atoms with Gasteiger partial charge in [-0.2, -0.15) is 0 Å². The van der Waals surface area contributed by atoms with Crippen LogP contribution in [0.25, 0.3) is 0 Å². The number of hydrogen-bond acceptors (Lipinski definition) is 5. The van der Waals surface area contributed by atoms with E-state index in [9.17, 15) is 19.7 Å². The maximum atomic E-state index is 11.7. The predicted octanol–water partition coefficient (Wildman–Crippen LogP) is 2.61. The molecule has 114 valence electrons. The molecule has 0 saturated carbocycles. The van der Waals surface area contributed by atoms with E-state index in [0.717, 1.165) is 44.4 Å². The number of nitro groups is 1. The van der Waals surface area contributed by atoms with Crippen molar-refractivity contribution in [3.63, 3.8) is 0 Å². The van der Waals surface area contributed by atoms with E-state index in [2.05, 4.69) is 17.2 Å². The summed E-state index contributed by atoms with van der Waals surface area (Å²) < 4.78 is 0. The Morgan fingerprint density at radius 2 is 1.95 bits per heavy atom. The molecule has 7 nitrogen and oxygen atoms in total. The third-order valence-electron chi connectivity index (χ3n) is 2.96. The summed E-state index contributed by atoms with van der Waals surface area (Å²) in [5, 5.41) is 12.7. The number of amides is 2. The summed E-state index contributed by atoms with van der Waals surface area (Å²) in [6.07, 6.45) is 6.47. The molecule has 2 amide bonds. The van der Waals surface area contributed by atoms with Crippen molar-refractivity contribution in [3.8, 4) is 0 Å². The second-order valence-electron chi connectivity index (χ2n) is 4.70. The van der Waals surface area contributed by atoms with Gasteiger partial charge in [-0.05, 0) is 22.4 Å². The minimum absolute atomic E-state index is 0.125. The first-order valence-electron chi connectivity index (χ1n) is 6.99. The van der Waals surface area contributed by atoms with Gasteiger partial charge in [-0.15, -0.1) is 0 Å². The Hall–Kier alpha value is -2.31. The minimum Gasteiger partial charge on any atom is -0.358 e. The van der Waals surface area contributed by atoms with E-state index < -0.39 is 10.8 Å². The molecule has 7 heteroatoms. The highest BCUT2D eigenvalue weighted by atomic mass is 16.6. The number of imide groups is 1. The summed E-state index contributed by atoms with van der Waals surface area (Å²) in [4.78, 5) is 36.6. The van der Waals surface area contributed by atoms with Gasteiger partial charge in [0, 0.05) is 12.5 Å². The molecule has 0 radical (unpaired) electrons. The first-order chi connectivity index (χ1) is 10.0.